The first-order valence-corrected chi connectivity index (χ1v) is 8.75. The highest BCUT2D eigenvalue weighted by Crippen LogP contribution is 2.16. The molecule has 0 unspecified atom stereocenters. The summed E-state index contributed by atoms with van der Waals surface area (Å²) in [6.07, 6.45) is 0.593. The lowest BCUT2D eigenvalue weighted by molar-refractivity contribution is -0.126. The average molecular weight is 352 g/mol. The predicted molar refractivity (Wildman–Crippen MR) is 102 cm³/mol. The van der Waals surface area contributed by atoms with E-state index in [9.17, 15) is 14.4 Å². The van der Waals surface area contributed by atoms with Crippen LogP contribution >= 0.6 is 0 Å². The molecule has 0 saturated heterocycles. The Morgan fingerprint density at radius 3 is 2.08 bits per heavy atom. The second-order valence-electron chi connectivity index (χ2n) is 6.22. The smallest absolute Gasteiger partial charge is 0.235 e. The molecule has 2 rings (SSSR count). The van der Waals surface area contributed by atoms with Crippen molar-refractivity contribution in [2.45, 2.75) is 32.7 Å². The minimum atomic E-state index is -1.08. The Morgan fingerprint density at radius 2 is 1.50 bits per heavy atom. The van der Waals surface area contributed by atoms with Crippen molar-refractivity contribution >= 4 is 23.3 Å². The summed E-state index contributed by atoms with van der Waals surface area (Å²) in [6, 6.07) is 17.5. The average Bonchev–Trinajstić information content (AvgIpc) is 2.66. The zero-order valence-corrected chi connectivity index (χ0v) is 15.1. The molecule has 2 amide bonds. The van der Waals surface area contributed by atoms with Crippen molar-refractivity contribution in [3.05, 3.63) is 66.2 Å². The van der Waals surface area contributed by atoms with E-state index in [0.717, 1.165) is 6.42 Å². The Labute approximate surface area is 153 Å². The number of para-hydroxylation sites is 1. The number of Topliss-reactive ketones (excluding diaryl/α,β-unsaturated/α-hetero) is 1. The van der Waals surface area contributed by atoms with Crippen LogP contribution < -0.4 is 10.6 Å². The van der Waals surface area contributed by atoms with E-state index in [1.54, 1.807) is 54.6 Å². The molecule has 136 valence electrons. The third-order valence-electron chi connectivity index (χ3n) is 4.14. The normalized spacial score (nSPS) is 12.7. The van der Waals surface area contributed by atoms with Crippen molar-refractivity contribution < 1.29 is 14.4 Å². The van der Waals surface area contributed by atoms with Gasteiger partial charge in [0.15, 0.2) is 5.78 Å². The Morgan fingerprint density at radius 1 is 0.923 bits per heavy atom. The van der Waals surface area contributed by atoms with Gasteiger partial charge >= 0.3 is 0 Å². The minimum Gasteiger partial charge on any atom is -0.354 e. The fraction of sp³-hybridized carbons (Fsp3) is 0.286. The number of benzene rings is 2. The molecule has 2 aromatic carbocycles. The molecular formula is C21H24N2O3. The minimum absolute atomic E-state index is 0.00726. The second kappa shape index (κ2) is 9.51. The quantitative estimate of drug-likeness (QED) is 0.564. The van der Waals surface area contributed by atoms with Gasteiger partial charge in [0.25, 0.3) is 0 Å². The number of carbonyl (C=O) groups is 3. The highest BCUT2D eigenvalue weighted by molar-refractivity contribution is 6.15. The topological polar surface area (TPSA) is 75.3 Å². The van der Waals surface area contributed by atoms with Gasteiger partial charge in [-0.1, -0.05) is 55.5 Å². The highest BCUT2D eigenvalue weighted by Gasteiger charge is 2.30. The zero-order chi connectivity index (χ0) is 18.9. The second-order valence-corrected chi connectivity index (χ2v) is 6.22. The third kappa shape index (κ3) is 5.55. The maximum atomic E-state index is 12.8. The number of hydrogen-bond donors (Lipinski definition) is 2. The van der Waals surface area contributed by atoms with Crippen LogP contribution in [0.25, 0.3) is 0 Å². The first-order valence-electron chi connectivity index (χ1n) is 8.75. The molecule has 0 aliphatic carbocycles. The van der Waals surface area contributed by atoms with Crippen LogP contribution in [0.4, 0.5) is 5.69 Å². The Kier molecular flexibility index (Phi) is 7.09. The summed E-state index contributed by atoms with van der Waals surface area (Å²) < 4.78 is 0. The van der Waals surface area contributed by atoms with E-state index in [2.05, 4.69) is 10.6 Å². The van der Waals surface area contributed by atoms with Gasteiger partial charge in [-0.05, 0) is 25.5 Å². The molecule has 0 radical (unpaired) electrons. The number of nitrogens with one attached hydrogen (secondary N) is 2. The molecule has 0 aliphatic rings. The standard InChI is InChI=1S/C21H24N2O3/c1-3-15(2)22-19(24)14-18(20(25)16-10-6-4-7-11-16)21(26)23-17-12-8-5-9-13-17/h4-13,15,18H,3,14H2,1-2H3,(H,22,24)(H,23,26)/t15-,18+/m1/s1. The van der Waals surface area contributed by atoms with E-state index in [0.29, 0.717) is 11.3 Å². The van der Waals surface area contributed by atoms with Crippen molar-refractivity contribution in [2.24, 2.45) is 5.92 Å². The maximum Gasteiger partial charge on any atom is 0.235 e. The monoisotopic (exact) mass is 352 g/mol. The van der Waals surface area contributed by atoms with Crippen molar-refractivity contribution in [3.8, 4) is 0 Å². The van der Waals surface area contributed by atoms with Gasteiger partial charge in [0, 0.05) is 23.7 Å². The van der Waals surface area contributed by atoms with Crippen LogP contribution in [-0.4, -0.2) is 23.6 Å². The van der Waals surface area contributed by atoms with Crippen molar-refractivity contribution in [2.75, 3.05) is 5.32 Å². The lowest BCUT2D eigenvalue weighted by atomic mass is 9.93. The largest absolute Gasteiger partial charge is 0.354 e. The molecule has 0 fully saturated rings. The molecule has 0 heterocycles. The number of hydrogen-bond acceptors (Lipinski definition) is 3. The molecule has 2 atom stereocenters. The molecule has 2 aromatic rings. The van der Waals surface area contributed by atoms with E-state index >= 15 is 0 Å². The summed E-state index contributed by atoms with van der Waals surface area (Å²) in [5.41, 5.74) is 1.00. The molecule has 2 N–H and O–H groups in total. The zero-order valence-electron chi connectivity index (χ0n) is 15.1. The summed E-state index contributed by atoms with van der Waals surface area (Å²) in [6.45, 7) is 3.84. The summed E-state index contributed by atoms with van der Waals surface area (Å²) in [5, 5.41) is 5.54. The number of amides is 2. The van der Waals surface area contributed by atoms with Gasteiger partial charge in [-0.15, -0.1) is 0 Å². The first-order chi connectivity index (χ1) is 12.5. The van der Waals surface area contributed by atoms with Gasteiger partial charge in [0.1, 0.15) is 5.92 Å². The highest BCUT2D eigenvalue weighted by atomic mass is 16.2. The SMILES string of the molecule is CC[C@@H](C)NC(=O)C[C@H](C(=O)Nc1ccccc1)C(=O)c1ccccc1. The lowest BCUT2D eigenvalue weighted by Crippen LogP contribution is -2.38. The van der Waals surface area contributed by atoms with Crippen LogP contribution in [0.1, 0.15) is 37.0 Å². The molecule has 5 heteroatoms. The predicted octanol–water partition coefficient (Wildman–Crippen LogP) is 3.43. The summed E-state index contributed by atoms with van der Waals surface area (Å²) in [7, 11) is 0. The summed E-state index contributed by atoms with van der Waals surface area (Å²) >= 11 is 0. The fourth-order valence-electron chi connectivity index (χ4n) is 2.48. The van der Waals surface area contributed by atoms with E-state index in [1.165, 1.54) is 0 Å². The molecule has 0 saturated carbocycles. The third-order valence-corrected chi connectivity index (χ3v) is 4.14. The number of anilines is 1. The van der Waals surface area contributed by atoms with Crippen molar-refractivity contribution in [1.82, 2.24) is 5.32 Å². The Balaban J connectivity index is 2.18. The Bertz CT molecular complexity index is 744. The number of carbonyl (C=O) groups excluding carboxylic acids is 3. The number of ketones is 1. The van der Waals surface area contributed by atoms with Gasteiger partial charge in [0.05, 0.1) is 0 Å². The van der Waals surface area contributed by atoms with E-state index < -0.39 is 11.8 Å². The van der Waals surface area contributed by atoms with Gasteiger partial charge in [0.2, 0.25) is 11.8 Å². The van der Waals surface area contributed by atoms with Crippen LogP contribution in [0.15, 0.2) is 60.7 Å². The number of rotatable bonds is 8. The van der Waals surface area contributed by atoms with E-state index in [1.807, 2.05) is 19.9 Å². The first kappa shape index (κ1) is 19.4. The molecule has 0 spiro atoms. The molecule has 0 aliphatic heterocycles. The molecule has 0 aromatic heterocycles. The fourth-order valence-corrected chi connectivity index (χ4v) is 2.48. The lowest BCUT2D eigenvalue weighted by Gasteiger charge is -2.18. The van der Waals surface area contributed by atoms with Crippen LogP contribution in [0.5, 0.6) is 0 Å². The van der Waals surface area contributed by atoms with Crippen molar-refractivity contribution in [1.29, 1.82) is 0 Å². The molecule has 0 bridgehead atoms. The van der Waals surface area contributed by atoms with Crippen LogP contribution in [0.2, 0.25) is 0 Å². The van der Waals surface area contributed by atoms with Crippen LogP contribution in [-0.2, 0) is 9.59 Å². The summed E-state index contributed by atoms with van der Waals surface area (Å²) in [5.74, 6) is -2.24. The van der Waals surface area contributed by atoms with Crippen LogP contribution in [0, 0.1) is 5.92 Å². The van der Waals surface area contributed by atoms with Gasteiger partial charge < -0.3 is 10.6 Å². The van der Waals surface area contributed by atoms with Gasteiger partial charge in [-0.3, -0.25) is 14.4 Å². The molecular weight excluding hydrogens is 328 g/mol. The maximum absolute atomic E-state index is 12.8. The van der Waals surface area contributed by atoms with E-state index in [-0.39, 0.29) is 24.2 Å². The molecule has 26 heavy (non-hydrogen) atoms. The van der Waals surface area contributed by atoms with Gasteiger partial charge in [-0.25, -0.2) is 0 Å². The van der Waals surface area contributed by atoms with Crippen molar-refractivity contribution in [3.63, 3.8) is 0 Å². The van der Waals surface area contributed by atoms with Crippen LogP contribution in [0.3, 0.4) is 0 Å². The summed E-state index contributed by atoms with van der Waals surface area (Å²) in [4.78, 5) is 37.8. The van der Waals surface area contributed by atoms with E-state index in [4.69, 9.17) is 0 Å². The van der Waals surface area contributed by atoms with Gasteiger partial charge in [-0.2, -0.15) is 0 Å². The Hall–Kier alpha value is -2.95. The molecule has 5 nitrogen and oxygen atoms in total.